The standard InChI is InChI=1S/C20H19F3N2O3/c1-28-17-9-2-14(3-10-17)4-11-18(26)24-13-12-19(27)25-16-7-5-15(6-8-16)20(21,22)23/h2-11H,12-13H2,1H3,(H,24,26)(H,25,27)/b11-4+. The van der Waals surface area contributed by atoms with Gasteiger partial charge in [0.05, 0.1) is 12.7 Å². The molecular formula is C20H19F3N2O3. The number of nitrogens with one attached hydrogen (secondary N) is 2. The van der Waals surface area contributed by atoms with E-state index in [1.165, 1.54) is 18.2 Å². The van der Waals surface area contributed by atoms with Gasteiger partial charge in [-0.25, -0.2) is 0 Å². The van der Waals surface area contributed by atoms with Gasteiger partial charge in [0, 0.05) is 24.7 Å². The van der Waals surface area contributed by atoms with Crippen LogP contribution in [0.25, 0.3) is 6.08 Å². The van der Waals surface area contributed by atoms with Gasteiger partial charge >= 0.3 is 6.18 Å². The summed E-state index contributed by atoms with van der Waals surface area (Å²) in [5, 5.41) is 5.04. The molecule has 0 bridgehead atoms. The van der Waals surface area contributed by atoms with Crippen molar-refractivity contribution in [2.45, 2.75) is 12.6 Å². The number of ether oxygens (including phenoxy) is 1. The Labute approximate surface area is 160 Å². The number of halogens is 3. The predicted octanol–water partition coefficient (Wildman–Crippen LogP) is 3.87. The molecule has 0 spiro atoms. The minimum Gasteiger partial charge on any atom is -0.497 e. The summed E-state index contributed by atoms with van der Waals surface area (Å²) < 4.78 is 42.5. The fourth-order valence-corrected chi connectivity index (χ4v) is 2.21. The lowest BCUT2D eigenvalue weighted by molar-refractivity contribution is -0.137. The van der Waals surface area contributed by atoms with Crippen LogP contribution in [0.4, 0.5) is 18.9 Å². The Morgan fingerprint density at radius 2 is 1.68 bits per heavy atom. The lowest BCUT2D eigenvalue weighted by atomic mass is 10.2. The van der Waals surface area contributed by atoms with Crippen molar-refractivity contribution in [3.8, 4) is 5.75 Å². The van der Waals surface area contributed by atoms with E-state index in [0.29, 0.717) is 5.75 Å². The molecule has 2 aromatic rings. The topological polar surface area (TPSA) is 67.4 Å². The summed E-state index contributed by atoms with van der Waals surface area (Å²) in [5.74, 6) is -0.0713. The summed E-state index contributed by atoms with van der Waals surface area (Å²) in [6.07, 6.45) is -1.47. The van der Waals surface area contributed by atoms with Crippen molar-refractivity contribution < 1.29 is 27.5 Å². The Morgan fingerprint density at radius 1 is 1.04 bits per heavy atom. The highest BCUT2D eigenvalue weighted by Gasteiger charge is 2.29. The zero-order chi connectivity index (χ0) is 20.6. The molecule has 2 rings (SSSR count). The van der Waals surface area contributed by atoms with Gasteiger partial charge in [0.15, 0.2) is 0 Å². The summed E-state index contributed by atoms with van der Waals surface area (Å²) in [6.45, 7) is 0.0955. The van der Waals surface area contributed by atoms with Gasteiger partial charge in [0.2, 0.25) is 11.8 Å². The van der Waals surface area contributed by atoms with Crippen molar-refractivity contribution in [1.29, 1.82) is 0 Å². The van der Waals surface area contributed by atoms with Crippen LogP contribution in [-0.2, 0) is 15.8 Å². The Balaban J connectivity index is 1.73. The Morgan fingerprint density at radius 3 is 2.25 bits per heavy atom. The summed E-state index contributed by atoms with van der Waals surface area (Å²) >= 11 is 0. The third kappa shape index (κ3) is 6.79. The third-order valence-electron chi connectivity index (χ3n) is 3.69. The number of carbonyl (C=O) groups is 2. The van der Waals surface area contributed by atoms with Crippen LogP contribution >= 0.6 is 0 Å². The van der Waals surface area contributed by atoms with Gasteiger partial charge in [-0.05, 0) is 48.0 Å². The maximum atomic E-state index is 12.5. The fraction of sp³-hybridized carbons (Fsp3) is 0.200. The van der Waals surface area contributed by atoms with Gasteiger partial charge in [0.25, 0.3) is 0 Å². The molecule has 2 amide bonds. The van der Waals surface area contributed by atoms with Crippen LogP contribution in [0.15, 0.2) is 54.6 Å². The second kappa shape index (κ2) is 9.59. The number of benzene rings is 2. The van der Waals surface area contributed by atoms with Crippen LogP contribution in [0.3, 0.4) is 0 Å². The highest BCUT2D eigenvalue weighted by molar-refractivity contribution is 5.93. The van der Waals surface area contributed by atoms with E-state index in [9.17, 15) is 22.8 Å². The lowest BCUT2D eigenvalue weighted by Crippen LogP contribution is -2.26. The summed E-state index contributed by atoms with van der Waals surface area (Å²) in [7, 11) is 1.56. The first kappa shape index (κ1) is 21.0. The van der Waals surface area contributed by atoms with Crippen molar-refractivity contribution in [2.24, 2.45) is 0 Å². The molecule has 2 aromatic carbocycles. The van der Waals surface area contributed by atoms with E-state index >= 15 is 0 Å². The second-order valence-corrected chi connectivity index (χ2v) is 5.77. The smallest absolute Gasteiger partial charge is 0.416 e. The zero-order valence-electron chi connectivity index (χ0n) is 15.0. The number of anilines is 1. The zero-order valence-corrected chi connectivity index (χ0v) is 15.0. The van der Waals surface area contributed by atoms with E-state index in [-0.39, 0.29) is 24.6 Å². The maximum absolute atomic E-state index is 12.5. The predicted molar refractivity (Wildman–Crippen MR) is 99.7 cm³/mol. The number of carbonyl (C=O) groups excluding carboxylic acids is 2. The molecule has 148 valence electrons. The van der Waals surface area contributed by atoms with Gasteiger partial charge in [0.1, 0.15) is 5.75 Å². The molecular weight excluding hydrogens is 373 g/mol. The monoisotopic (exact) mass is 392 g/mol. The Kier molecular flexibility index (Phi) is 7.20. The van der Waals surface area contributed by atoms with Crippen LogP contribution in [0.1, 0.15) is 17.5 Å². The average Bonchev–Trinajstić information content (AvgIpc) is 2.66. The normalized spacial score (nSPS) is 11.3. The molecule has 0 fully saturated rings. The molecule has 0 heterocycles. The number of methoxy groups -OCH3 is 1. The van der Waals surface area contributed by atoms with Gasteiger partial charge < -0.3 is 15.4 Å². The fourth-order valence-electron chi connectivity index (χ4n) is 2.21. The van der Waals surface area contributed by atoms with Crippen LogP contribution < -0.4 is 15.4 Å². The first-order valence-corrected chi connectivity index (χ1v) is 8.35. The van der Waals surface area contributed by atoms with Crippen molar-refractivity contribution in [1.82, 2.24) is 5.32 Å². The summed E-state index contributed by atoms with van der Waals surface area (Å²) in [5.41, 5.74) is 0.279. The Hall–Kier alpha value is -3.29. The van der Waals surface area contributed by atoms with Gasteiger partial charge in [-0.3, -0.25) is 9.59 Å². The van der Waals surface area contributed by atoms with Gasteiger partial charge in [-0.15, -0.1) is 0 Å². The molecule has 0 atom stereocenters. The largest absolute Gasteiger partial charge is 0.497 e. The van der Waals surface area contributed by atoms with Crippen molar-refractivity contribution in [3.63, 3.8) is 0 Å². The molecule has 8 heteroatoms. The highest BCUT2D eigenvalue weighted by atomic mass is 19.4. The van der Waals surface area contributed by atoms with E-state index in [1.807, 2.05) is 0 Å². The number of alkyl halides is 3. The second-order valence-electron chi connectivity index (χ2n) is 5.77. The van der Waals surface area contributed by atoms with Crippen LogP contribution in [-0.4, -0.2) is 25.5 Å². The molecule has 0 aliphatic heterocycles. The molecule has 0 unspecified atom stereocenters. The van der Waals surface area contributed by atoms with Crippen molar-refractivity contribution in [3.05, 3.63) is 65.7 Å². The number of hydrogen-bond donors (Lipinski definition) is 2. The van der Waals surface area contributed by atoms with Crippen LogP contribution in [0.2, 0.25) is 0 Å². The minimum atomic E-state index is -4.42. The molecule has 28 heavy (non-hydrogen) atoms. The molecule has 0 aliphatic rings. The lowest BCUT2D eigenvalue weighted by Gasteiger charge is -2.09. The van der Waals surface area contributed by atoms with Crippen LogP contribution in [0.5, 0.6) is 5.75 Å². The van der Waals surface area contributed by atoms with Crippen molar-refractivity contribution in [2.75, 3.05) is 19.0 Å². The van der Waals surface area contributed by atoms with E-state index in [2.05, 4.69) is 10.6 Å². The van der Waals surface area contributed by atoms with E-state index < -0.39 is 17.6 Å². The van der Waals surface area contributed by atoms with Gasteiger partial charge in [-0.2, -0.15) is 13.2 Å². The first-order chi connectivity index (χ1) is 13.3. The molecule has 2 N–H and O–H groups in total. The molecule has 0 saturated carbocycles. The SMILES string of the molecule is COc1ccc(/C=C/C(=O)NCCC(=O)Nc2ccc(C(F)(F)F)cc2)cc1. The average molecular weight is 392 g/mol. The molecule has 0 aliphatic carbocycles. The van der Waals surface area contributed by atoms with Crippen LogP contribution in [0, 0.1) is 0 Å². The van der Waals surface area contributed by atoms with E-state index in [4.69, 9.17) is 4.74 Å². The van der Waals surface area contributed by atoms with E-state index in [0.717, 1.165) is 17.7 Å². The number of amides is 2. The van der Waals surface area contributed by atoms with Gasteiger partial charge in [-0.1, -0.05) is 12.1 Å². The highest BCUT2D eigenvalue weighted by Crippen LogP contribution is 2.29. The minimum absolute atomic E-state index is 0.0108. The van der Waals surface area contributed by atoms with E-state index in [1.54, 1.807) is 37.5 Å². The Bertz CT molecular complexity index is 829. The third-order valence-corrected chi connectivity index (χ3v) is 3.69. The number of hydrogen-bond acceptors (Lipinski definition) is 3. The molecule has 5 nitrogen and oxygen atoms in total. The summed E-state index contributed by atoms with van der Waals surface area (Å²) in [6, 6.07) is 11.3. The van der Waals surface area contributed by atoms with Crippen molar-refractivity contribution >= 4 is 23.6 Å². The number of rotatable bonds is 7. The summed E-state index contributed by atoms with van der Waals surface area (Å²) in [4.78, 5) is 23.6. The first-order valence-electron chi connectivity index (χ1n) is 8.35. The maximum Gasteiger partial charge on any atom is 0.416 e. The quantitative estimate of drug-likeness (QED) is 0.703. The molecule has 0 aromatic heterocycles. The molecule has 0 radical (unpaired) electrons. The molecule has 0 saturated heterocycles.